The van der Waals surface area contributed by atoms with Crippen molar-refractivity contribution < 1.29 is 14.4 Å². The van der Waals surface area contributed by atoms with E-state index in [9.17, 15) is 9.59 Å². The molecule has 4 nitrogen and oxygen atoms in total. The standard InChI is InChI=1S/C21H41NO3/c1-5-7-9-10-11-12-13-14-15-17-19(23)22-25-20(24)21(3,4)18-16-8-6-2/h5-18H2,1-4H3,(H,22,23). The lowest BCUT2D eigenvalue weighted by atomic mass is 9.87. The Kier molecular flexibility index (Phi) is 14.6. The third-order valence-electron chi connectivity index (χ3n) is 4.72. The van der Waals surface area contributed by atoms with Crippen LogP contribution >= 0.6 is 0 Å². The number of rotatable bonds is 15. The Balaban J connectivity index is 3.64. The normalized spacial score (nSPS) is 11.4. The smallest absolute Gasteiger partial charge is 0.337 e. The zero-order valence-electron chi connectivity index (χ0n) is 17.1. The molecule has 1 N–H and O–H groups in total. The van der Waals surface area contributed by atoms with Gasteiger partial charge >= 0.3 is 5.97 Å². The molecule has 4 heteroatoms. The first-order valence-corrected chi connectivity index (χ1v) is 10.4. The summed E-state index contributed by atoms with van der Waals surface area (Å²) < 4.78 is 0. The third-order valence-corrected chi connectivity index (χ3v) is 4.72. The van der Waals surface area contributed by atoms with Crippen molar-refractivity contribution in [1.29, 1.82) is 0 Å². The molecule has 0 aliphatic rings. The third kappa shape index (κ3) is 13.9. The molecule has 0 aromatic carbocycles. The van der Waals surface area contributed by atoms with Crippen molar-refractivity contribution in [2.24, 2.45) is 5.41 Å². The van der Waals surface area contributed by atoms with Crippen LogP contribution in [0.3, 0.4) is 0 Å². The van der Waals surface area contributed by atoms with Crippen molar-refractivity contribution in [3.05, 3.63) is 0 Å². The molecule has 148 valence electrons. The van der Waals surface area contributed by atoms with Gasteiger partial charge in [-0.05, 0) is 26.7 Å². The summed E-state index contributed by atoms with van der Waals surface area (Å²) in [6.45, 7) is 8.11. The van der Waals surface area contributed by atoms with Gasteiger partial charge in [0.1, 0.15) is 0 Å². The molecule has 0 rings (SSSR count). The van der Waals surface area contributed by atoms with Gasteiger partial charge in [-0.15, -0.1) is 0 Å². The van der Waals surface area contributed by atoms with Gasteiger partial charge in [0, 0.05) is 6.42 Å². The van der Waals surface area contributed by atoms with Gasteiger partial charge in [-0.25, -0.2) is 4.79 Å². The van der Waals surface area contributed by atoms with Gasteiger partial charge in [0.2, 0.25) is 0 Å². The Morgan fingerprint density at radius 3 is 1.80 bits per heavy atom. The van der Waals surface area contributed by atoms with Gasteiger partial charge in [0.25, 0.3) is 5.91 Å². The topological polar surface area (TPSA) is 55.4 Å². The Hall–Kier alpha value is -1.06. The average Bonchev–Trinajstić information content (AvgIpc) is 2.58. The van der Waals surface area contributed by atoms with Gasteiger partial charge in [0.15, 0.2) is 0 Å². The second-order valence-corrected chi connectivity index (χ2v) is 7.83. The number of hydrogen-bond donors (Lipinski definition) is 1. The fraction of sp³-hybridized carbons (Fsp3) is 0.905. The molecule has 0 saturated carbocycles. The van der Waals surface area contributed by atoms with E-state index in [2.05, 4.69) is 19.3 Å². The van der Waals surface area contributed by atoms with Gasteiger partial charge < -0.3 is 4.84 Å². The zero-order chi connectivity index (χ0) is 19.0. The fourth-order valence-electron chi connectivity index (χ4n) is 2.81. The molecule has 0 radical (unpaired) electrons. The average molecular weight is 356 g/mol. The summed E-state index contributed by atoms with van der Waals surface area (Å²) in [5, 5.41) is 0. The predicted octanol–water partition coefficient (Wildman–Crippen LogP) is 6.09. The molecule has 25 heavy (non-hydrogen) atoms. The van der Waals surface area contributed by atoms with E-state index in [-0.39, 0.29) is 11.9 Å². The maximum atomic E-state index is 12.0. The van der Waals surface area contributed by atoms with Crippen molar-refractivity contribution in [3.63, 3.8) is 0 Å². The summed E-state index contributed by atoms with van der Waals surface area (Å²) in [4.78, 5) is 28.8. The van der Waals surface area contributed by atoms with E-state index < -0.39 is 5.41 Å². The van der Waals surface area contributed by atoms with Gasteiger partial charge in [0.05, 0.1) is 5.41 Å². The molecule has 0 aliphatic carbocycles. The monoisotopic (exact) mass is 355 g/mol. The second kappa shape index (κ2) is 15.2. The number of nitrogens with one attached hydrogen (secondary N) is 1. The lowest BCUT2D eigenvalue weighted by Gasteiger charge is -2.21. The van der Waals surface area contributed by atoms with Crippen LogP contribution in [0.4, 0.5) is 0 Å². The van der Waals surface area contributed by atoms with Crippen molar-refractivity contribution in [3.8, 4) is 0 Å². The first-order valence-electron chi connectivity index (χ1n) is 10.4. The highest BCUT2D eigenvalue weighted by molar-refractivity contribution is 5.80. The van der Waals surface area contributed by atoms with E-state index in [1.165, 1.54) is 44.9 Å². The van der Waals surface area contributed by atoms with Crippen LogP contribution in [0, 0.1) is 5.41 Å². The van der Waals surface area contributed by atoms with Crippen molar-refractivity contribution in [1.82, 2.24) is 5.48 Å². The maximum absolute atomic E-state index is 12.0. The van der Waals surface area contributed by atoms with E-state index in [0.29, 0.717) is 6.42 Å². The van der Waals surface area contributed by atoms with E-state index >= 15 is 0 Å². The van der Waals surface area contributed by atoms with Crippen LogP contribution < -0.4 is 5.48 Å². The lowest BCUT2D eigenvalue weighted by Crippen LogP contribution is -2.34. The highest BCUT2D eigenvalue weighted by Gasteiger charge is 2.29. The van der Waals surface area contributed by atoms with Crippen LogP contribution in [0.2, 0.25) is 0 Å². The Labute approximate surface area is 155 Å². The van der Waals surface area contributed by atoms with Gasteiger partial charge in [-0.1, -0.05) is 84.5 Å². The van der Waals surface area contributed by atoms with E-state index in [1.54, 1.807) is 0 Å². The molecule has 0 fully saturated rings. The molecular formula is C21H41NO3. The number of hydroxylamine groups is 1. The highest BCUT2D eigenvalue weighted by Crippen LogP contribution is 2.25. The minimum atomic E-state index is -0.541. The molecule has 0 heterocycles. The van der Waals surface area contributed by atoms with Gasteiger partial charge in [-0.2, -0.15) is 5.48 Å². The first kappa shape index (κ1) is 23.9. The molecule has 1 amide bonds. The summed E-state index contributed by atoms with van der Waals surface area (Å²) in [7, 11) is 0. The zero-order valence-corrected chi connectivity index (χ0v) is 17.1. The van der Waals surface area contributed by atoms with E-state index in [0.717, 1.165) is 38.5 Å². The molecule has 0 aromatic heterocycles. The molecule has 0 saturated heterocycles. The van der Waals surface area contributed by atoms with E-state index in [4.69, 9.17) is 4.84 Å². The SMILES string of the molecule is CCCCCCCCCCCC(=O)NOC(=O)C(C)(C)CCCCC. The lowest BCUT2D eigenvalue weighted by molar-refractivity contribution is -0.167. The molecule has 0 atom stereocenters. The Morgan fingerprint density at radius 2 is 1.24 bits per heavy atom. The number of amides is 1. The molecule has 0 bridgehead atoms. The summed E-state index contributed by atoms with van der Waals surface area (Å²) in [6.07, 6.45) is 15.4. The Morgan fingerprint density at radius 1 is 0.760 bits per heavy atom. The van der Waals surface area contributed by atoms with Crippen LogP contribution in [0.25, 0.3) is 0 Å². The number of carbonyl (C=O) groups excluding carboxylic acids is 2. The van der Waals surface area contributed by atoms with Crippen LogP contribution in [-0.4, -0.2) is 11.9 Å². The molecule has 0 unspecified atom stereocenters. The fourth-order valence-corrected chi connectivity index (χ4v) is 2.81. The predicted molar refractivity (Wildman–Crippen MR) is 104 cm³/mol. The van der Waals surface area contributed by atoms with Crippen molar-refractivity contribution in [2.75, 3.05) is 0 Å². The largest absolute Gasteiger partial charge is 0.340 e. The van der Waals surface area contributed by atoms with Crippen LogP contribution in [0.1, 0.15) is 118 Å². The maximum Gasteiger partial charge on any atom is 0.337 e. The van der Waals surface area contributed by atoms with Crippen LogP contribution in [-0.2, 0) is 14.4 Å². The number of carbonyl (C=O) groups is 2. The number of hydrogen-bond acceptors (Lipinski definition) is 3. The minimum Gasteiger partial charge on any atom is -0.340 e. The summed E-state index contributed by atoms with van der Waals surface area (Å²) in [5.74, 6) is -0.537. The van der Waals surface area contributed by atoms with Crippen molar-refractivity contribution in [2.45, 2.75) is 118 Å². The molecule has 0 aliphatic heterocycles. The van der Waals surface area contributed by atoms with E-state index in [1.807, 2.05) is 13.8 Å². The van der Waals surface area contributed by atoms with Gasteiger partial charge in [-0.3, -0.25) is 4.79 Å². The summed E-state index contributed by atoms with van der Waals surface area (Å²) in [6, 6.07) is 0. The van der Waals surface area contributed by atoms with Crippen LogP contribution in [0.5, 0.6) is 0 Å². The number of unbranched alkanes of at least 4 members (excludes halogenated alkanes) is 10. The summed E-state index contributed by atoms with van der Waals surface area (Å²) in [5.41, 5.74) is 1.77. The summed E-state index contributed by atoms with van der Waals surface area (Å²) >= 11 is 0. The quantitative estimate of drug-likeness (QED) is 0.286. The van der Waals surface area contributed by atoms with Crippen LogP contribution in [0.15, 0.2) is 0 Å². The second-order valence-electron chi connectivity index (χ2n) is 7.83. The molecule has 0 spiro atoms. The Bertz CT molecular complexity index is 353. The highest BCUT2D eigenvalue weighted by atomic mass is 16.7. The molecular weight excluding hydrogens is 314 g/mol. The first-order chi connectivity index (χ1) is 11.9. The molecule has 0 aromatic rings. The van der Waals surface area contributed by atoms with Crippen molar-refractivity contribution >= 4 is 11.9 Å². The minimum absolute atomic E-state index is 0.194.